The molecule has 1 aliphatic heterocycles. The molecule has 0 spiro atoms. The Labute approximate surface area is 177 Å². The van der Waals surface area contributed by atoms with Gasteiger partial charge in [0.05, 0.1) is 21.6 Å². The van der Waals surface area contributed by atoms with Gasteiger partial charge in [0.15, 0.2) is 5.75 Å². The number of thioether (sulfide) groups is 1. The molecule has 0 saturated carbocycles. The van der Waals surface area contributed by atoms with Gasteiger partial charge in [0.2, 0.25) is 5.91 Å². The minimum Gasteiger partial charge on any atom is -0.454 e. The van der Waals surface area contributed by atoms with Crippen LogP contribution in [-0.2, 0) is 4.79 Å². The van der Waals surface area contributed by atoms with Crippen LogP contribution in [0.1, 0.15) is 17.3 Å². The van der Waals surface area contributed by atoms with Crippen molar-refractivity contribution in [2.75, 3.05) is 10.6 Å². The summed E-state index contributed by atoms with van der Waals surface area (Å²) in [5.74, 6) is 0.600. The summed E-state index contributed by atoms with van der Waals surface area (Å²) < 4.78 is 5.89. The maximum absolute atomic E-state index is 12.8. The lowest BCUT2D eigenvalue weighted by Gasteiger charge is -2.21. The molecule has 2 N–H and O–H groups in total. The van der Waals surface area contributed by atoms with Gasteiger partial charge in [-0.05, 0) is 49.4 Å². The number of hydrogen-bond acceptors (Lipinski definition) is 4. The second kappa shape index (κ2) is 8.19. The number of hydrogen-bond donors (Lipinski definition) is 2. The number of rotatable bonds is 4. The van der Waals surface area contributed by atoms with Crippen molar-refractivity contribution < 1.29 is 14.3 Å². The molecule has 1 unspecified atom stereocenters. The Hall–Kier alpha value is -2.96. The van der Waals surface area contributed by atoms with Gasteiger partial charge in [-0.25, -0.2) is 0 Å². The average Bonchev–Trinajstić information content (AvgIpc) is 2.71. The van der Waals surface area contributed by atoms with E-state index >= 15 is 0 Å². The monoisotopic (exact) mass is 424 g/mol. The first kappa shape index (κ1) is 19.4. The number of anilines is 2. The van der Waals surface area contributed by atoms with Crippen LogP contribution in [0.3, 0.4) is 0 Å². The predicted octanol–water partition coefficient (Wildman–Crippen LogP) is 5.82. The van der Waals surface area contributed by atoms with E-state index < -0.39 is 0 Å². The smallest absolute Gasteiger partial charge is 0.255 e. The van der Waals surface area contributed by atoms with Crippen molar-refractivity contribution in [1.29, 1.82) is 0 Å². The van der Waals surface area contributed by atoms with Crippen molar-refractivity contribution in [3.63, 3.8) is 0 Å². The van der Waals surface area contributed by atoms with Gasteiger partial charge in [-0.1, -0.05) is 35.9 Å². The first-order chi connectivity index (χ1) is 14.0. The van der Waals surface area contributed by atoms with Gasteiger partial charge in [-0.2, -0.15) is 0 Å². The third-order valence-corrected chi connectivity index (χ3v) is 5.85. The molecule has 3 aromatic rings. The zero-order chi connectivity index (χ0) is 20.4. The number of benzene rings is 3. The normalized spacial score (nSPS) is 15.2. The fraction of sp³-hybridized carbons (Fsp3) is 0.0909. The summed E-state index contributed by atoms with van der Waals surface area (Å²) in [4.78, 5) is 25.7. The number of carbonyl (C=O) groups is 2. The molecular weight excluding hydrogens is 408 g/mol. The highest BCUT2D eigenvalue weighted by atomic mass is 35.5. The van der Waals surface area contributed by atoms with E-state index in [-0.39, 0.29) is 17.1 Å². The van der Waals surface area contributed by atoms with Gasteiger partial charge >= 0.3 is 0 Å². The summed E-state index contributed by atoms with van der Waals surface area (Å²) >= 11 is 7.64. The Balaban J connectivity index is 1.56. The van der Waals surface area contributed by atoms with Crippen LogP contribution < -0.4 is 15.4 Å². The SMILES string of the molecule is CC1Sc2ccc(C(=O)Nc3ccccc3Oc3ccccc3Cl)cc2NC1=O. The first-order valence-electron chi connectivity index (χ1n) is 8.95. The third-order valence-electron chi connectivity index (χ3n) is 4.36. The number of amides is 2. The molecule has 1 atom stereocenters. The van der Waals surface area contributed by atoms with E-state index in [2.05, 4.69) is 10.6 Å². The van der Waals surface area contributed by atoms with Crippen LogP contribution in [0.15, 0.2) is 71.6 Å². The zero-order valence-corrected chi connectivity index (χ0v) is 17.0. The van der Waals surface area contributed by atoms with Gasteiger partial charge in [-0.15, -0.1) is 11.8 Å². The lowest BCUT2D eigenvalue weighted by Crippen LogP contribution is -2.26. The van der Waals surface area contributed by atoms with E-state index in [1.54, 1.807) is 42.5 Å². The molecule has 4 rings (SSSR count). The lowest BCUT2D eigenvalue weighted by atomic mass is 10.1. The molecule has 0 fully saturated rings. The van der Waals surface area contributed by atoms with Gasteiger partial charge < -0.3 is 15.4 Å². The van der Waals surface area contributed by atoms with E-state index in [1.807, 2.05) is 31.2 Å². The van der Waals surface area contributed by atoms with E-state index in [9.17, 15) is 9.59 Å². The molecule has 0 bridgehead atoms. The van der Waals surface area contributed by atoms with Gasteiger partial charge in [0.25, 0.3) is 5.91 Å². The molecule has 0 radical (unpaired) electrons. The predicted molar refractivity (Wildman–Crippen MR) is 116 cm³/mol. The average molecular weight is 425 g/mol. The third kappa shape index (κ3) is 4.23. The maximum atomic E-state index is 12.8. The number of halogens is 1. The summed E-state index contributed by atoms with van der Waals surface area (Å²) in [7, 11) is 0. The Bertz CT molecular complexity index is 1100. The van der Waals surface area contributed by atoms with Gasteiger partial charge in [0.1, 0.15) is 5.75 Å². The fourth-order valence-electron chi connectivity index (χ4n) is 2.85. The number of fused-ring (bicyclic) bond motifs is 1. The van der Waals surface area contributed by atoms with Crippen molar-refractivity contribution in [3.8, 4) is 11.5 Å². The highest BCUT2D eigenvalue weighted by Gasteiger charge is 2.24. The highest BCUT2D eigenvalue weighted by molar-refractivity contribution is 8.00. The van der Waals surface area contributed by atoms with Crippen molar-refractivity contribution >= 4 is 46.6 Å². The van der Waals surface area contributed by atoms with Crippen molar-refractivity contribution in [3.05, 3.63) is 77.3 Å². The number of carbonyl (C=O) groups excluding carboxylic acids is 2. The van der Waals surface area contributed by atoms with Crippen molar-refractivity contribution in [2.24, 2.45) is 0 Å². The molecule has 3 aromatic carbocycles. The van der Waals surface area contributed by atoms with Crippen LogP contribution in [0.4, 0.5) is 11.4 Å². The molecule has 146 valence electrons. The Morgan fingerprint density at radius 2 is 1.79 bits per heavy atom. The Morgan fingerprint density at radius 1 is 1.07 bits per heavy atom. The summed E-state index contributed by atoms with van der Waals surface area (Å²) in [6.45, 7) is 1.85. The highest BCUT2D eigenvalue weighted by Crippen LogP contribution is 2.37. The summed E-state index contributed by atoms with van der Waals surface area (Å²) in [6.07, 6.45) is 0. The summed E-state index contributed by atoms with van der Waals surface area (Å²) in [5.41, 5.74) is 1.60. The Morgan fingerprint density at radius 3 is 2.59 bits per heavy atom. The van der Waals surface area contributed by atoms with Crippen LogP contribution in [0.5, 0.6) is 11.5 Å². The molecule has 0 aliphatic carbocycles. The van der Waals surface area contributed by atoms with Crippen LogP contribution >= 0.6 is 23.4 Å². The molecule has 0 aromatic heterocycles. The van der Waals surface area contributed by atoms with E-state index in [1.165, 1.54) is 11.8 Å². The van der Waals surface area contributed by atoms with Crippen molar-refractivity contribution in [1.82, 2.24) is 0 Å². The van der Waals surface area contributed by atoms with Gasteiger partial charge in [-0.3, -0.25) is 9.59 Å². The van der Waals surface area contributed by atoms with Crippen LogP contribution in [0, 0.1) is 0 Å². The number of ether oxygens (including phenoxy) is 1. The van der Waals surface area contributed by atoms with E-state index in [0.717, 1.165) is 4.90 Å². The molecular formula is C22H17ClN2O3S. The van der Waals surface area contributed by atoms with Crippen molar-refractivity contribution in [2.45, 2.75) is 17.1 Å². The minimum atomic E-state index is -0.305. The second-order valence-electron chi connectivity index (χ2n) is 6.44. The standard InChI is InChI=1S/C22H17ClN2O3S/c1-13-21(26)25-17-12-14(10-11-20(17)29-13)22(27)24-16-7-3-5-9-19(16)28-18-8-4-2-6-15(18)23/h2-13H,1H3,(H,24,27)(H,25,26). The van der Waals surface area contributed by atoms with E-state index in [0.29, 0.717) is 33.5 Å². The van der Waals surface area contributed by atoms with Gasteiger partial charge in [0, 0.05) is 10.5 Å². The topological polar surface area (TPSA) is 67.4 Å². The summed E-state index contributed by atoms with van der Waals surface area (Å²) in [5, 5.41) is 6.03. The Kier molecular flexibility index (Phi) is 5.47. The molecule has 1 heterocycles. The van der Waals surface area contributed by atoms with E-state index in [4.69, 9.17) is 16.3 Å². The zero-order valence-electron chi connectivity index (χ0n) is 15.4. The largest absolute Gasteiger partial charge is 0.454 e. The number of para-hydroxylation sites is 3. The van der Waals surface area contributed by atoms with Crippen LogP contribution in [0.25, 0.3) is 0 Å². The molecule has 7 heteroatoms. The molecule has 5 nitrogen and oxygen atoms in total. The van der Waals surface area contributed by atoms with Crippen LogP contribution in [-0.4, -0.2) is 17.1 Å². The summed E-state index contributed by atoms with van der Waals surface area (Å²) in [6, 6.07) is 19.5. The first-order valence-corrected chi connectivity index (χ1v) is 10.2. The quantitative estimate of drug-likeness (QED) is 0.554. The second-order valence-corrected chi connectivity index (χ2v) is 8.23. The number of nitrogens with one attached hydrogen (secondary N) is 2. The molecule has 2 amide bonds. The van der Waals surface area contributed by atoms with Crippen LogP contribution in [0.2, 0.25) is 5.02 Å². The lowest BCUT2D eigenvalue weighted by molar-refractivity contribution is -0.115. The molecule has 0 saturated heterocycles. The molecule has 29 heavy (non-hydrogen) atoms. The molecule has 1 aliphatic rings. The maximum Gasteiger partial charge on any atom is 0.255 e. The fourth-order valence-corrected chi connectivity index (χ4v) is 3.95. The minimum absolute atomic E-state index is 0.0708.